The molecule has 0 aromatic heterocycles. The molecule has 0 saturated carbocycles. The van der Waals surface area contributed by atoms with Crippen LogP contribution in [0.25, 0.3) is 0 Å². The van der Waals surface area contributed by atoms with Crippen LogP contribution >= 0.6 is 0 Å². The van der Waals surface area contributed by atoms with E-state index in [1.807, 2.05) is 0 Å². The van der Waals surface area contributed by atoms with Gasteiger partial charge in [0.25, 0.3) is 0 Å². The predicted molar refractivity (Wildman–Crippen MR) is 50.5 cm³/mol. The van der Waals surface area contributed by atoms with Gasteiger partial charge in [-0.05, 0) is 20.8 Å². The summed E-state index contributed by atoms with van der Waals surface area (Å²) in [7, 11) is 10.7. The molecular weight excluding hydrogens is 150 g/mol. The average molecular weight is 164 g/mol. The average Bonchev–Trinajstić information content (AvgIpc) is 1.84. The highest BCUT2D eigenvalue weighted by Gasteiger charge is 2.20. The van der Waals surface area contributed by atoms with Gasteiger partial charge < -0.3 is 4.74 Å². The van der Waals surface area contributed by atoms with Gasteiger partial charge in [0.1, 0.15) is 5.60 Å². The lowest BCUT2D eigenvalue weighted by molar-refractivity contribution is -0.154. The lowest BCUT2D eigenvalue weighted by Gasteiger charge is -2.22. The van der Waals surface area contributed by atoms with Crippen LogP contribution in [0.15, 0.2) is 0 Å². The van der Waals surface area contributed by atoms with Crippen LogP contribution in [0.4, 0.5) is 0 Å². The standard InChI is InChI=1S/C8H14B2O2/c1-8(2,3)12-7(11)6(10)4-5-9/h6H,4-5H2,1-3H3. The number of rotatable bonds is 3. The summed E-state index contributed by atoms with van der Waals surface area (Å²) in [5.74, 6) is -0.970. The molecule has 0 spiro atoms. The van der Waals surface area contributed by atoms with Crippen molar-refractivity contribution in [2.24, 2.45) is 0 Å². The van der Waals surface area contributed by atoms with Crippen LogP contribution in [-0.4, -0.2) is 27.3 Å². The monoisotopic (exact) mass is 164 g/mol. The second-order valence-electron chi connectivity index (χ2n) is 3.72. The first-order chi connectivity index (χ1) is 5.37. The molecule has 0 aliphatic heterocycles. The van der Waals surface area contributed by atoms with Gasteiger partial charge in [-0.25, -0.2) is 0 Å². The molecule has 1 unspecified atom stereocenters. The van der Waals surface area contributed by atoms with Crippen LogP contribution in [0.2, 0.25) is 12.1 Å². The molecule has 0 heterocycles. The van der Waals surface area contributed by atoms with Gasteiger partial charge in [-0.2, -0.15) is 0 Å². The molecular formula is C8H14B2O2. The Balaban J connectivity index is 3.87. The molecule has 2 nitrogen and oxygen atoms in total. The van der Waals surface area contributed by atoms with Gasteiger partial charge >= 0.3 is 5.97 Å². The van der Waals surface area contributed by atoms with Gasteiger partial charge in [0, 0.05) is 5.82 Å². The lowest BCUT2D eigenvalue weighted by atomic mass is 9.80. The van der Waals surface area contributed by atoms with Crippen molar-refractivity contribution in [3.63, 3.8) is 0 Å². The first-order valence-corrected chi connectivity index (χ1v) is 4.05. The Hall–Kier alpha value is -0.400. The Morgan fingerprint density at radius 2 is 2.00 bits per heavy atom. The second-order valence-corrected chi connectivity index (χ2v) is 3.72. The van der Waals surface area contributed by atoms with Crippen LogP contribution in [0.1, 0.15) is 27.2 Å². The van der Waals surface area contributed by atoms with Crippen LogP contribution in [0.3, 0.4) is 0 Å². The summed E-state index contributed by atoms with van der Waals surface area (Å²) in [5, 5.41) is 0. The predicted octanol–water partition coefficient (Wildman–Crippen LogP) is 1.26. The molecule has 0 fully saturated rings. The molecule has 12 heavy (non-hydrogen) atoms. The molecule has 0 N–H and O–H groups in total. The quantitative estimate of drug-likeness (QED) is 0.463. The van der Waals surface area contributed by atoms with Crippen molar-refractivity contribution in [1.29, 1.82) is 0 Å². The van der Waals surface area contributed by atoms with Crippen molar-refractivity contribution in [1.82, 2.24) is 0 Å². The van der Waals surface area contributed by atoms with Crippen molar-refractivity contribution in [2.75, 3.05) is 0 Å². The molecule has 0 saturated heterocycles. The SMILES string of the molecule is [B]CCC([B])C(=O)OC(C)(C)C. The van der Waals surface area contributed by atoms with Gasteiger partial charge in [-0.1, -0.05) is 12.7 Å². The van der Waals surface area contributed by atoms with E-state index < -0.39 is 11.4 Å². The number of esters is 1. The highest BCUT2D eigenvalue weighted by molar-refractivity contribution is 6.23. The molecule has 0 bridgehead atoms. The normalized spacial score (nSPS) is 13.9. The molecule has 1 atom stereocenters. The molecule has 0 rings (SSSR count). The van der Waals surface area contributed by atoms with Crippen LogP contribution in [0.5, 0.6) is 0 Å². The van der Waals surface area contributed by atoms with E-state index >= 15 is 0 Å². The zero-order valence-corrected chi connectivity index (χ0v) is 7.96. The van der Waals surface area contributed by atoms with Gasteiger partial charge in [-0.15, -0.1) is 0 Å². The van der Waals surface area contributed by atoms with Gasteiger partial charge in [0.15, 0.2) is 0 Å². The minimum absolute atomic E-state index is 0.382. The maximum absolute atomic E-state index is 11.1. The number of carbonyl (C=O) groups is 1. The van der Waals surface area contributed by atoms with E-state index in [0.29, 0.717) is 12.7 Å². The summed E-state index contributed by atoms with van der Waals surface area (Å²) in [4.78, 5) is 11.1. The first-order valence-electron chi connectivity index (χ1n) is 4.05. The fourth-order valence-corrected chi connectivity index (χ4v) is 0.675. The summed E-state index contributed by atoms with van der Waals surface area (Å²) >= 11 is 0. The fraction of sp³-hybridized carbons (Fsp3) is 0.875. The van der Waals surface area contributed by atoms with E-state index in [9.17, 15) is 4.79 Å². The summed E-state index contributed by atoms with van der Waals surface area (Å²) in [6.45, 7) is 5.42. The zero-order valence-electron chi connectivity index (χ0n) is 7.96. The van der Waals surface area contributed by atoms with Crippen LogP contribution in [-0.2, 0) is 9.53 Å². The van der Waals surface area contributed by atoms with E-state index in [0.717, 1.165) is 0 Å². The fourth-order valence-electron chi connectivity index (χ4n) is 0.675. The summed E-state index contributed by atoms with van der Waals surface area (Å²) in [6, 6.07) is 0. The molecule has 0 aliphatic rings. The highest BCUT2D eigenvalue weighted by Crippen LogP contribution is 2.15. The number of hydrogen-bond acceptors (Lipinski definition) is 2. The minimum atomic E-state index is -0.589. The van der Waals surface area contributed by atoms with Crippen molar-refractivity contribution >= 4 is 21.7 Å². The third-order valence-electron chi connectivity index (χ3n) is 1.19. The smallest absolute Gasteiger partial charge is 0.300 e. The largest absolute Gasteiger partial charge is 0.460 e. The minimum Gasteiger partial charge on any atom is -0.460 e. The third-order valence-corrected chi connectivity index (χ3v) is 1.19. The van der Waals surface area contributed by atoms with E-state index in [1.165, 1.54) is 0 Å². The second kappa shape index (κ2) is 4.58. The van der Waals surface area contributed by atoms with Crippen molar-refractivity contribution in [3.05, 3.63) is 0 Å². The van der Waals surface area contributed by atoms with E-state index in [2.05, 4.69) is 0 Å². The van der Waals surface area contributed by atoms with Crippen LogP contribution in [0, 0.1) is 0 Å². The van der Waals surface area contributed by atoms with E-state index in [1.54, 1.807) is 20.8 Å². The number of carbonyl (C=O) groups excluding carboxylic acids is 1. The Labute approximate surface area is 76.9 Å². The van der Waals surface area contributed by atoms with Gasteiger partial charge in [-0.3, -0.25) is 4.79 Å². The molecule has 0 aromatic rings. The highest BCUT2D eigenvalue weighted by atomic mass is 16.6. The van der Waals surface area contributed by atoms with Crippen molar-refractivity contribution < 1.29 is 9.53 Å². The van der Waals surface area contributed by atoms with E-state index in [-0.39, 0.29) is 5.97 Å². The Bertz CT molecular complexity index is 152. The Morgan fingerprint density at radius 1 is 1.50 bits per heavy atom. The molecule has 0 aliphatic carbocycles. The van der Waals surface area contributed by atoms with Crippen LogP contribution < -0.4 is 0 Å². The number of ether oxygens (including phenoxy) is 1. The molecule has 0 aromatic carbocycles. The zero-order chi connectivity index (χ0) is 9.78. The summed E-state index contributed by atoms with van der Waals surface area (Å²) in [5.41, 5.74) is -0.469. The van der Waals surface area contributed by atoms with Crippen molar-refractivity contribution in [2.45, 2.75) is 44.9 Å². The first kappa shape index (κ1) is 11.6. The molecule has 64 valence electrons. The van der Waals surface area contributed by atoms with E-state index in [4.69, 9.17) is 20.4 Å². The van der Waals surface area contributed by atoms with Gasteiger partial charge in [0.2, 0.25) is 0 Å². The molecule has 0 amide bonds. The van der Waals surface area contributed by atoms with Crippen molar-refractivity contribution in [3.8, 4) is 0 Å². The maximum atomic E-state index is 11.1. The Kier molecular flexibility index (Phi) is 4.43. The summed E-state index contributed by atoms with van der Waals surface area (Å²) < 4.78 is 5.03. The topological polar surface area (TPSA) is 26.3 Å². The number of hydrogen-bond donors (Lipinski definition) is 0. The molecule has 4 heteroatoms. The Morgan fingerprint density at radius 3 is 2.33 bits per heavy atom. The lowest BCUT2D eigenvalue weighted by Crippen LogP contribution is -2.26. The molecule has 4 radical (unpaired) electrons. The van der Waals surface area contributed by atoms with Gasteiger partial charge in [0.05, 0.1) is 15.7 Å². The maximum Gasteiger partial charge on any atom is 0.300 e. The third kappa shape index (κ3) is 5.28. The summed E-state index contributed by atoms with van der Waals surface area (Å²) in [6.07, 6.45) is 0.870.